The standard InChI is InChI=1S/C13H15IN4/c1-13(8-15,10-5-3-2-4-6-10)18-12-11(14)7-16-9-17-12/h2-7,9H,8,15H2,1H3,(H,16,17,18). The maximum atomic E-state index is 5.93. The van der Waals surface area contributed by atoms with Crippen molar-refractivity contribution in [2.75, 3.05) is 11.9 Å². The van der Waals surface area contributed by atoms with E-state index in [0.717, 1.165) is 15.0 Å². The number of anilines is 1. The van der Waals surface area contributed by atoms with Gasteiger partial charge in [0.1, 0.15) is 12.1 Å². The van der Waals surface area contributed by atoms with E-state index in [1.165, 1.54) is 6.33 Å². The zero-order valence-corrected chi connectivity index (χ0v) is 12.3. The van der Waals surface area contributed by atoms with Gasteiger partial charge in [-0.05, 0) is 35.1 Å². The molecule has 1 aromatic heterocycles. The molecule has 0 aliphatic rings. The molecule has 3 N–H and O–H groups in total. The normalized spacial score (nSPS) is 13.9. The van der Waals surface area contributed by atoms with E-state index in [9.17, 15) is 0 Å². The molecule has 5 heteroatoms. The van der Waals surface area contributed by atoms with Crippen LogP contribution in [0, 0.1) is 3.57 Å². The molecule has 4 nitrogen and oxygen atoms in total. The Morgan fingerprint density at radius 3 is 2.67 bits per heavy atom. The van der Waals surface area contributed by atoms with Gasteiger partial charge in [0.15, 0.2) is 0 Å². The van der Waals surface area contributed by atoms with E-state index >= 15 is 0 Å². The molecule has 0 saturated heterocycles. The minimum Gasteiger partial charge on any atom is -0.359 e. The van der Waals surface area contributed by atoms with Crippen LogP contribution in [0.4, 0.5) is 5.82 Å². The lowest BCUT2D eigenvalue weighted by molar-refractivity contribution is 0.553. The number of nitrogens with zero attached hydrogens (tertiary/aromatic N) is 2. The maximum Gasteiger partial charge on any atom is 0.143 e. The van der Waals surface area contributed by atoms with Crippen LogP contribution in [0.15, 0.2) is 42.9 Å². The largest absolute Gasteiger partial charge is 0.359 e. The van der Waals surface area contributed by atoms with Gasteiger partial charge in [-0.15, -0.1) is 0 Å². The third kappa shape index (κ3) is 2.78. The van der Waals surface area contributed by atoms with Crippen molar-refractivity contribution in [1.82, 2.24) is 9.97 Å². The highest BCUT2D eigenvalue weighted by molar-refractivity contribution is 14.1. The van der Waals surface area contributed by atoms with Gasteiger partial charge < -0.3 is 11.1 Å². The van der Waals surface area contributed by atoms with Gasteiger partial charge in [-0.25, -0.2) is 9.97 Å². The zero-order chi connectivity index (χ0) is 13.0. The first-order valence-electron chi connectivity index (χ1n) is 5.65. The SMILES string of the molecule is CC(CN)(Nc1ncncc1I)c1ccccc1. The summed E-state index contributed by atoms with van der Waals surface area (Å²) in [6.45, 7) is 2.55. The molecule has 1 aromatic carbocycles. The Balaban J connectivity index is 2.32. The fourth-order valence-electron chi connectivity index (χ4n) is 1.71. The molecule has 1 heterocycles. The smallest absolute Gasteiger partial charge is 0.143 e. The fourth-order valence-corrected chi connectivity index (χ4v) is 2.15. The summed E-state index contributed by atoms with van der Waals surface area (Å²) >= 11 is 2.21. The Bertz CT molecular complexity index is 517. The first-order chi connectivity index (χ1) is 8.65. The third-order valence-electron chi connectivity index (χ3n) is 2.88. The molecule has 18 heavy (non-hydrogen) atoms. The molecule has 0 bridgehead atoms. The highest BCUT2D eigenvalue weighted by atomic mass is 127. The molecule has 0 fully saturated rings. The van der Waals surface area contributed by atoms with Crippen molar-refractivity contribution in [2.45, 2.75) is 12.5 Å². The van der Waals surface area contributed by atoms with Crippen molar-refractivity contribution in [1.29, 1.82) is 0 Å². The van der Waals surface area contributed by atoms with E-state index in [1.54, 1.807) is 6.20 Å². The summed E-state index contributed by atoms with van der Waals surface area (Å²) < 4.78 is 0.978. The number of aromatic nitrogens is 2. The summed E-state index contributed by atoms with van der Waals surface area (Å²) in [5, 5.41) is 3.41. The number of halogens is 1. The van der Waals surface area contributed by atoms with Gasteiger partial charge in [-0.1, -0.05) is 30.3 Å². The lowest BCUT2D eigenvalue weighted by Gasteiger charge is -2.30. The van der Waals surface area contributed by atoms with Gasteiger partial charge in [0.05, 0.1) is 9.11 Å². The van der Waals surface area contributed by atoms with E-state index in [2.05, 4.69) is 56.9 Å². The maximum absolute atomic E-state index is 5.93. The molecule has 94 valence electrons. The Hall–Kier alpha value is -1.21. The van der Waals surface area contributed by atoms with Crippen molar-refractivity contribution in [3.63, 3.8) is 0 Å². The molecular formula is C13H15IN4. The average Bonchev–Trinajstić information content (AvgIpc) is 2.42. The van der Waals surface area contributed by atoms with E-state index < -0.39 is 0 Å². The number of rotatable bonds is 4. The molecule has 0 amide bonds. The predicted molar refractivity (Wildman–Crippen MR) is 81.2 cm³/mol. The van der Waals surface area contributed by atoms with Gasteiger partial charge >= 0.3 is 0 Å². The number of benzene rings is 1. The van der Waals surface area contributed by atoms with Gasteiger partial charge in [0.2, 0.25) is 0 Å². The van der Waals surface area contributed by atoms with Crippen molar-refractivity contribution >= 4 is 28.4 Å². The molecule has 0 aliphatic carbocycles. The van der Waals surface area contributed by atoms with Crippen LogP contribution in [0.1, 0.15) is 12.5 Å². The van der Waals surface area contributed by atoms with Crippen LogP contribution in [0.5, 0.6) is 0 Å². The van der Waals surface area contributed by atoms with Crippen molar-refractivity contribution in [3.8, 4) is 0 Å². The summed E-state index contributed by atoms with van der Waals surface area (Å²) in [6, 6.07) is 10.1. The molecule has 0 saturated carbocycles. The molecule has 0 radical (unpaired) electrons. The van der Waals surface area contributed by atoms with Crippen molar-refractivity contribution in [2.24, 2.45) is 5.73 Å². The third-order valence-corrected chi connectivity index (χ3v) is 3.67. The second-order valence-corrected chi connectivity index (χ2v) is 5.41. The van der Waals surface area contributed by atoms with Crippen LogP contribution >= 0.6 is 22.6 Å². The molecule has 1 unspecified atom stereocenters. The molecule has 2 rings (SSSR count). The molecule has 0 spiro atoms. The van der Waals surface area contributed by atoms with Crippen LogP contribution in [0.25, 0.3) is 0 Å². The zero-order valence-electron chi connectivity index (χ0n) is 10.1. The van der Waals surface area contributed by atoms with Crippen LogP contribution in [0.2, 0.25) is 0 Å². The lowest BCUT2D eigenvalue weighted by Crippen LogP contribution is -2.40. The number of nitrogens with two attached hydrogens (primary N) is 1. The van der Waals surface area contributed by atoms with Gasteiger partial charge in [-0.3, -0.25) is 0 Å². The number of hydrogen-bond donors (Lipinski definition) is 2. The number of nitrogens with one attached hydrogen (secondary N) is 1. The van der Waals surface area contributed by atoms with Crippen molar-refractivity contribution in [3.05, 3.63) is 52.0 Å². The van der Waals surface area contributed by atoms with Crippen LogP contribution in [-0.2, 0) is 5.54 Å². The van der Waals surface area contributed by atoms with Crippen LogP contribution in [-0.4, -0.2) is 16.5 Å². The van der Waals surface area contributed by atoms with E-state index in [4.69, 9.17) is 5.73 Å². The van der Waals surface area contributed by atoms with Gasteiger partial charge in [0, 0.05) is 12.7 Å². The topological polar surface area (TPSA) is 63.8 Å². The van der Waals surface area contributed by atoms with Crippen LogP contribution < -0.4 is 11.1 Å². The van der Waals surface area contributed by atoms with E-state index in [-0.39, 0.29) is 5.54 Å². The van der Waals surface area contributed by atoms with Crippen LogP contribution in [0.3, 0.4) is 0 Å². The Morgan fingerprint density at radius 1 is 1.33 bits per heavy atom. The van der Waals surface area contributed by atoms with E-state index in [1.807, 2.05) is 18.2 Å². The van der Waals surface area contributed by atoms with Crippen molar-refractivity contribution < 1.29 is 0 Å². The number of hydrogen-bond acceptors (Lipinski definition) is 4. The monoisotopic (exact) mass is 354 g/mol. The second kappa shape index (κ2) is 5.62. The summed E-state index contributed by atoms with van der Waals surface area (Å²) in [7, 11) is 0. The van der Waals surface area contributed by atoms with Gasteiger partial charge in [0.25, 0.3) is 0 Å². The Labute approximate surface area is 120 Å². The first kappa shape index (κ1) is 13.2. The minimum absolute atomic E-state index is 0.338. The minimum atomic E-state index is -0.338. The summed E-state index contributed by atoms with van der Waals surface area (Å²) in [5.74, 6) is 0.808. The summed E-state index contributed by atoms with van der Waals surface area (Å²) in [5.41, 5.74) is 6.73. The predicted octanol–water partition coefficient (Wildman–Crippen LogP) is 2.37. The summed E-state index contributed by atoms with van der Waals surface area (Å²) in [6.07, 6.45) is 3.31. The molecule has 1 atom stereocenters. The Morgan fingerprint density at radius 2 is 2.06 bits per heavy atom. The summed E-state index contributed by atoms with van der Waals surface area (Å²) in [4.78, 5) is 8.24. The molecular weight excluding hydrogens is 339 g/mol. The second-order valence-electron chi connectivity index (χ2n) is 4.25. The lowest BCUT2D eigenvalue weighted by atomic mass is 9.92. The average molecular weight is 354 g/mol. The molecule has 0 aliphatic heterocycles. The highest BCUT2D eigenvalue weighted by Crippen LogP contribution is 2.25. The quantitative estimate of drug-likeness (QED) is 0.828. The molecule has 2 aromatic rings. The fraction of sp³-hybridized carbons (Fsp3) is 0.231. The Kier molecular flexibility index (Phi) is 4.13. The highest BCUT2D eigenvalue weighted by Gasteiger charge is 2.25. The first-order valence-corrected chi connectivity index (χ1v) is 6.73. The van der Waals surface area contributed by atoms with Gasteiger partial charge in [-0.2, -0.15) is 0 Å². The van der Waals surface area contributed by atoms with E-state index in [0.29, 0.717) is 6.54 Å².